The lowest BCUT2D eigenvalue weighted by Crippen LogP contribution is -2.51. The standard InChI is InChI=1S/C8H16O4/c1-8(2)5-11-6(3-9)7(4-10)12-8/h6-7,9-10H,3-5H2,1-2H3/t6-,7-/m0/s1. The zero-order valence-electron chi connectivity index (χ0n) is 7.49. The third-order valence-electron chi connectivity index (χ3n) is 1.89. The average molecular weight is 176 g/mol. The Labute approximate surface area is 72.1 Å². The van der Waals surface area contributed by atoms with E-state index in [1.54, 1.807) is 0 Å². The van der Waals surface area contributed by atoms with Gasteiger partial charge in [-0.2, -0.15) is 0 Å². The summed E-state index contributed by atoms with van der Waals surface area (Å²) in [5.74, 6) is 0. The average Bonchev–Trinajstić information content (AvgIpc) is 2.03. The molecule has 0 saturated carbocycles. The van der Waals surface area contributed by atoms with Crippen molar-refractivity contribution in [1.82, 2.24) is 0 Å². The summed E-state index contributed by atoms with van der Waals surface area (Å²) in [6.07, 6.45) is -0.790. The van der Waals surface area contributed by atoms with Crippen LogP contribution in [0.1, 0.15) is 13.8 Å². The first kappa shape index (κ1) is 9.92. The Bertz CT molecular complexity index is 146. The maximum absolute atomic E-state index is 8.91. The Hall–Kier alpha value is -0.160. The molecule has 1 saturated heterocycles. The summed E-state index contributed by atoms with van der Waals surface area (Å²) in [5, 5.41) is 17.8. The molecule has 12 heavy (non-hydrogen) atoms. The SMILES string of the molecule is CC1(C)CO[C@@H](CO)[C@H](CO)O1. The van der Waals surface area contributed by atoms with Crippen LogP contribution in [0.4, 0.5) is 0 Å². The normalized spacial score (nSPS) is 35.0. The molecule has 1 rings (SSSR count). The van der Waals surface area contributed by atoms with Gasteiger partial charge in [0.15, 0.2) is 0 Å². The lowest BCUT2D eigenvalue weighted by Gasteiger charge is -2.39. The molecule has 0 aliphatic carbocycles. The molecule has 1 aliphatic rings. The molecule has 0 bridgehead atoms. The minimum Gasteiger partial charge on any atom is -0.394 e. The van der Waals surface area contributed by atoms with Crippen LogP contribution in [-0.2, 0) is 9.47 Å². The van der Waals surface area contributed by atoms with Crippen molar-refractivity contribution in [2.45, 2.75) is 31.7 Å². The fourth-order valence-corrected chi connectivity index (χ4v) is 1.26. The highest BCUT2D eigenvalue weighted by molar-refractivity contribution is 4.81. The van der Waals surface area contributed by atoms with E-state index in [9.17, 15) is 0 Å². The molecule has 1 aliphatic heterocycles. The molecule has 1 fully saturated rings. The largest absolute Gasteiger partial charge is 0.394 e. The van der Waals surface area contributed by atoms with Gasteiger partial charge in [-0.05, 0) is 13.8 Å². The first-order valence-electron chi connectivity index (χ1n) is 4.10. The van der Waals surface area contributed by atoms with Crippen molar-refractivity contribution in [3.05, 3.63) is 0 Å². The molecular formula is C8H16O4. The molecule has 72 valence electrons. The summed E-state index contributed by atoms with van der Waals surface area (Å²) in [7, 11) is 0. The van der Waals surface area contributed by atoms with Crippen LogP contribution in [-0.4, -0.2) is 47.8 Å². The zero-order valence-corrected chi connectivity index (χ0v) is 7.49. The highest BCUT2D eigenvalue weighted by Gasteiger charge is 2.35. The molecule has 0 unspecified atom stereocenters. The molecule has 0 aromatic heterocycles. The Balaban J connectivity index is 2.53. The van der Waals surface area contributed by atoms with Gasteiger partial charge < -0.3 is 19.7 Å². The van der Waals surface area contributed by atoms with Crippen molar-refractivity contribution in [3.8, 4) is 0 Å². The Morgan fingerprint density at radius 3 is 2.33 bits per heavy atom. The van der Waals surface area contributed by atoms with Crippen molar-refractivity contribution < 1.29 is 19.7 Å². The molecule has 2 N–H and O–H groups in total. The van der Waals surface area contributed by atoms with E-state index in [0.717, 1.165) is 0 Å². The highest BCUT2D eigenvalue weighted by atomic mass is 16.6. The molecule has 4 heteroatoms. The molecule has 0 radical (unpaired) electrons. The Morgan fingerprint density at radius 1 is 1.25 bits per heavy atom. The number of hydrogen-bond donors (Lipinski definition) is 2. The zero-order chi connectivity index (χ0) is 9.19. The predicted molar refractivity (Wildman–Crippen MR) is 42.9 cm³/mol. The van der Waals surface area contributed by atoms with Gasteiger partial charge in [-0.3, -0.25) is 0 Å². The van der Waals surface area contributed by atoms with Crippen molar-refractivity contribution in [3.63, 3.8) is 0 Å². The van der Waals surface area contributed by atoms with Gasteiger partial charge in [-0.15, -0.1) is 0 Å². The number of hydrogen-bond acceptors (Lipinski definition) is 4. The lowest BCUT2D eigenvalue weighted by atomic mass is 10.1. The van der Waals surface area contributed by atoms with E-state index in [2.05, 4.69) is 0 Å². The van der Waals surface area contributed by atoms with E-state index in [1.807, 2.05) is 13.8 Å². The van der Waals surface area contributed by atoms with Crippen LogP contribution < -0.4 is 0 Å². The van der Waals surface area contributed by atoms with E-state index >= 15 is 0 Å². The quantitative estimate of drug-likeness (QED) is 0.597. The molecule has 2 atom stereocenters. The van der Waals surface area contributed by atoms with Crippen molar-refractivity contribution in [1.29, 1.82) is 0 Å². The Morgan fingerprint density at radius 2 is 1.83 bits per heavy atom. The minimum atomic E-state index is -0.404. The van der Waals surface area contributed by atoms with Crippen molar-refractivity contribution in [2.24, 2.45) is 0 Å². The van der Waals surface area contributed by atoms with Crippen molar-refractivity contribution >= 4 is 0 Å². The van der Waals surface area contributed by atoms with Gasteiger partial charge in [0, 0.05) is 0 Å². The molecule has 0 aromatic carbocycles. The van der Waals surface area contributed by atoms with Gasteiger partial charge in [0.2, 0.25) is 0 Å². The number of rotatable bonds is 2. The fourth-order valence-electron chi connectivity index (χ4n) is 1.26. The summed E-state index contributed by atoms with van der Waals surface area (Å²) >= 11 is 0. The second-order valence-corrected chi connectivity index (χ2v) is 3.63. The molecule has 4 nitrogen and oxygen atoms in total. The van der Waals surface area contributed by atoms with Crippen LogP contribution in [0.2, 0.25) is 0 Å². The molecule has 1 heterocycles. The summed E-state index contributed by atoms with van der Waals surface area (Å²) in [5.41, 5.74) is -0.362. The van der Waals surface area contributed by atoms with Gasteiger partial charge >= 0.3 is 0 Å². The summed E-state index contributed by atoms with van der Waals surface area (Å²) in [4.78, 5) is 0. The third-order valence-corrected chi connectivity index (χ3v) is 1.89. The maximum Gasteiger partial charge on any atom is 0.110 e. The second kappa shape index (κ2) is 3.70. The van der Waals surface area contributed by atoms with E-state index in [1.165, 1.54) is 0 Å². The van der Waals surface area contributed by atoms with Gasteiger partial charge in [-0.1, -0.05) is 0 Å². The van der Waals surface area contributed by atoms with Crippen LogP contribution in [0.3, 0.4) is 0 Å². The van der Waals surface area contributed by atoms with Crippen LogP contribution in [0.15, 0.2) is 0 Å². The van der Waals surface area contributed by atoms with Gasteiger partial charge in [0.1, 0.15) is 12.2 Å². The molecular weight excluding hydrogens is 160 g/mol. The smallest absolute Gasteiger partial charge is 0.110 e. The first-order chi connectivity index (χ1) is 5.59. The van der Waals surface area contributed by atoms with Crippen LogP contribution in [0.25, 0.3) is 0 Å². The topological polar surface area (TPSA) is 58.9 Å². The van der Waals surface area contributed by atoms with E-state index in [4.69, 9.17) is 19.7 Å². The number of aliphatic hydroxyl groups excluding tert-OH is 2. The second-order valence-electron chi connectivity index (χ2n) is 3.63. The van der Waals surface area contributed by atoms with E-state index < -0.39 is 6.10 Å². The van der Waals surface area contributed by atoms with E-state index in [0.29, 0.717) is 6.61 Å². The minimum absolute atomic E-state index is 0.110. The molecule has 0 aromatic rings. The van der Waals surface area contributed by atoms with Gasteiger partial charge in [-0.25, -0.2) is 0 Å². The summed E-state index contributed by atoms with van der Waals surface area (Å²) in [6, 6.07) is 0. The van der Waals surface area contributed by atoms with Crippen LogP contribution in [0, 0.1) is 0 Å². The third kappa shape index (κ3) is 2.17. The molecule has 0 spiro atoms. The van der Waals surface area contributed by atoms with Crippen LogP contribution in [0.5, 0.6) is 0 Å². The highest BCUT2D eigenvalue weighted by Crippen LogP contribution is 2.22. The van der Waals surface area contributed by atoms with Crippen LogP contribution >= 0.6 is 0 Å². The summed E-state index contributed by atoms with van der Waals surface area (Å²) in [6.45, 7) is 4.01. The lowest BCUT2D eigenvalue weighted by molar-refractivity contribution is -0.233. The molecule has 0 amide bonds. The Kier molecular flexibility index (Phi) is 3.06. The number of aliphatic hydroxyl groups is 2. The van der Waals surface area contributed by atoms with Gasteiger partial charge in [0.05, 0.1) is 25.4 Å². The maximum atomic E-state index is 8.91. The number of ether oxygens (including phenoxy) is 2. The monoisotopic (exact) mass is 176 g/mol. The van der Waals surface area contributed by atoms with Gasteiger partial charge in [0.25, 0.3) is 0 Å². The first-order valence-corrected chi connectivity index (χ1v) is 4.10. The van der Waals surface area contributed by atoms with Crippen molar-refractivity contribution in [2.75, 3.05) is 19.8 Å². The van der Waals surface area contributed by atoms with E-state index in [-0.39, 0.29) is 24.9 Å². The summed E-state index contributed by atoms with van der Waals surface area (Å²) < 4.78 is 10.8. The predicted octanol–water partition coefficient (Wildman–Crippen LogP) is -0.466. The fraction of sp³-hybridized carbons (Fsp3) is 1.00.